The second-order valence-corrected chi connectivity index (χ2v) is 4.74. The summed E-state index contributed by atoms with van der Waals surface area (Å²) in [5.41, 5.74) is 1.15. The largest absolute Gasteiger partial charge is 0.356 e. The Bertz CT molecular complexity index is 482. The molecule has 1 amide bonds. The quantitative estimate of drug-likeness (QED) is 0.809. The van der Waals surface area contributed by atoms with Crippen LogP contribution in [0.5, 0.6) is 0 Å². The fourth-order valence-electron chi connectivity index (χ4n) is 2.92. The highest BCUT2D eigenvalue weighted by molar-refractivity contribution is 6.07. The Balaban J connectivity index is 2.11. The number of halogens is 1. The Morgan fingerprint density at radius 1 is 1.47 bits per heavy atom. The molecule has 2 aliphatic rings. The molecule has 4 heteroatoms. The second kappa shape index (κ2) is 3.45. The molecule has 1 fully saturated rings. The number of fused-ring (bicyclic) bond motifs is 1. The third-order valence-corrected chi connectivity index (χ3v) is 3.93. The molecule has 17 heavy (non-hydrogen) atoms. The Morgan fingerprint density at radius 2 is 2.24 bits per heavy atom. The van der Waals surface area contributed by atoms with Crippen LogP contribution in [0.3, 0.4) is 0 Å². The van der Waals surface area contributed by atoms with Crippen molar-refractivity contribution in [1.29, 1.82) is 0 Å². The number of benzene rings is 1. The molecule has 0 bridgehead atoms. The van der Waals surface area contributed by atoms with Crippen LogP contribution in [0.1, 0.15) is 26.2 Å². The highest BCUT2D eigenvalue weighted by Crippen LogP contribution is 2.46. The van der Waals surface area contributed by atoms with E-state index in [4.69, 9.17) is 0 Å². The molecule has 1 saturated carbocycles. The van der Waals surface area contributed by atoms with Crippen LogP contribution in [0.15, 0.2) is 18.2 Å². The zero-order valence-electron chi connectivity index (χ0n) is 9.79. The van der Waals surface area contributed by atoms with Crippen molar-refractivity contribution in [3.8, 4) is 0 Å². The maximum Gasteiger partial charge on any atom is 0.250 e. The van der Waals surface area contributed by atoms with Gasteiger partial charge < -0.3 is 10.2 Å². The van der Waals surface area contributed by atoms with Crippen molar-refractivity contribution in [3.05, 3.63) is 24.0 Å². The zero-order valence-corrected chi connectivity index (χ0v) is 9.79. The zero-order chi connectivity index (χ0) is 12.0. The molecule has 3 nitrogen and oxygen atoms in total. The molecular weight excluding hydrogens is 219 g/mol. The minimum absolute atomic E-state index is 0.0173. The van der Waals surface area contributed by atoms with E-state index in [1.807, 2.05) is 6.92 Å². The van der Waals surface area contributed by atoms with Gasteiger partial charge in [-0.05, 0) is 44.4 Å². The van der Waals surface area contributed by atoms with Crippen molar-refractivity contribution < 1.29 is 9.18 Å². The average Bonchev–Trinajstić information content (AvgIpc) is 2.24. The van der Waals surface area contributed by atoms with Gasteiger partial charge in [-0.3, -0.25) is 4.79 Å². The fraction of sp³-hybridized carbons (Fsp3) is 0.462. The number of nitrogens with zero attached hydrogens (tertiary/aromatic N) is 1. The molecular formula is C13H15FN2O. The molecule has 1 heterocycles. The normalized spacial score (nSPS) is 20.8. The fourth-order valence-corrected chi connectivity index (χ4v) is 2.92. The first-order valence-electron chi connectivity index (χ1n) is 6.06. The van der Waals surface area contributed by atoms with Crippen LogP contribution in [-0.2, 0) is 4.79 Å². The van der Waals surface area contributed by atoms with Crippen LogP contribution < -0.4 is 10.2 Å². The van der Waals surface area contributed by atoms with Gasteiger partial charge in [0, 0.05) is 6.54 Å². The SMILES string of the molecule is CCN1c2ccc(F)cc2NC(=O)C12CCC2. The minimum atomic E-state index is -0.375. The van der Waals surface area contributed by atoms with Gasteiger partial charge in [-0.2, -0.15) is 0 Å². The summed E-state index contributed by atoms with van der Waals surface area (Å²) in [5.74, 6) is -0.298. The molecule has 0 atom stereocenters. The number of nitrogens with one attached hydrogen (secondary N) is 1. The van der Waals surface area contributed by atoms with Crippen molar-refractivity contribution in [1.82, 2.24) is 0 Å². The number of likely N-dealkylation sites (N-methyl/N-ethyl adjacent to an activating group) is 1. The number of carbonyl (C=O) groups is 1. The second-order valence-electron chi connectivity index (χ2n) is 4.74. The monoisotopic (exact) mass is 234 g/mol. The molecule has 0 aromatic heterocycles. The molecule has 0 radical (unpaired) electrons. The molecule has 1 aromatic carbocycles. The molecule has 1 N–H and O–H groups in total. The maximum absolute atomic E-state index is 13.2. The number of anilines is 2. The Kier molecular flexibility index (Phi) is 2.15. The van der Waals surface area contributed by atoms with Crippen LogP contribution in [0.25, 0.3) is 0 Å². The predicted molar refractivity (Wildman–Crippen MR) is 64.6 cm³/mol. The third-order valence-electron chi connectivity index (χ3n) is 3.93. The van der Waals surface area contributed by atoms with Gasteiger partial charge in [0.05, 0.1) is 11.4 Å². The van der Waals surface area contributed by atoms with E-state index in [-0.39, 0.29) is 17.3 Å². The van der Waals surface area contributed by atoms with Gasteiger partial charge in [0.1, 0.15) is 11.4 Å². The Hall–Kier alpha value is -1.58. The topological polar surface area (TPSA) is 32.3 Å². The summed E-state index contributed by atoms with van der Waals surface area (Å²) in [4.78, 5) is 14.3. The number of hydrogen-bond donors (Lipinski definition) is 1. The van der Waals surface area contributed by atoms with E-state index in [1.54, 1.807) is 6.07 Å². The lowest BCUT2D eigenvalue weighted by Gasteiger charge is -2.52. The summed E-state index contributed by atoms with van der Waals surface area (Å²) in [5, 5.41) is 2.84. The maximum atomic E-state index is 13.2. The van der Waals surface area contributed by atoms with Crippen molar-refractivity contribution >= 4 is 17.3 Å². The van der Waals surface area contributed by atoms with Gasteiger partial charge >= 0.3 is 0 Å². The molecule has 1 aliphatic carbocycles. The van der Waals surface area contributed by atoms with Gasteiger partial charge in [0.15, 0.2) is 0 Å². The van der Waals surface area contributed by atoms with Crippen LogP contribution in [-0.4, -0.2) is 18.0 Å². The number of carbonyl (C=O) groups excluding carboxylic acids is 1. The summed E-state index contributed by atoms with van der Waals surface area (Å²) in [6, 6.07) is 4.60. The van der Waals surface area contributed by atoms with E-state index in [0.29, 0.717) is 5.69 Å². The van der Waals surface area contributed by atoms with Crippen molar-refractivity contribution in [2.45, 2.75) is 31.7 Å². The smallest absolute Gasteiger partial charge is 0.250 e. The average molecular weight is 234 g/mol. The number of amides is 1. The highest BCUT2D eigenvalue weighted by Gasteiger charge is 2.51. The summed E-state index contributed by atoms with van der Waals surface area (Å²) in [6.45, 7) is 2.80. The van der Waals surface area contributed by atoms with E-state index in [0.717, 1.165) is 31.5 Å². The van der Waals surface area contributed by atoms with Crippen molar-refractivity contribution in [3.63, 3.8) is 0 Å². The van der Waals surface area contributed by atoms with Crippen molar-refractivity contribution in [2.75, 3.05) is 16.8 Å². The molecule has 1 spiro atoms. The lowest BCUT2D eigenvalue weighted by molar-refractivity contribution is -0.124. The van der Waals surface area contributed by atoms with Gasteiger partial charge in [0.2, 0.25) is 5.91 Å². The molecule has 1 aromatic rings. The Labute approximate surface area is 99.6 Å². The van der Waals surface area contributed by atoms with E-state index >= 15 is 0 Å². The van der Waals surface area contributed by atoms with Gasteiger partial charge in [-0.1, -0.05) is 0 Å². The van der Waals surface area contributed by atoms with Crippen LogP contribution in [0, 0.1) is 5.82 Å². The summed E-state index contributed by atoms with van der Waals surface area (Å²) >= 11 is 0. The van der Waals surface area contributed by atoms with Gasteiger partial charge in [-0.25, -0.2) is 4.39 Å². The molecule has 0 unspecified atom stereocenters. The van der Waals surface area contributed by atoms with E-state index < -0.39 is 0 Å². The summed E-state index contributed by atoms with van der Waals surface area (Å²) < 4.78 is 13.2. The molecule has 0 saturated heterocycles. The first-order valence-corrected chi connectivity index (χ1v) is 6.06. The molecule has 90 valence electrons. The highest BCUT2D eigenvalue weighted by atomic mass is 19.1. The Morgan fingerprint density at radius 3 is 2.82 bits per heavy atom. The van der Waals surface area contributed by atoms with Crippen molar-refractivity contribution in [2.24, 2.45) is 0 Å². The first kappa shape index (κ1) is 10.6. The lowest BCUT2D eigenvalue weighted by atomic mass is 9.73. The number of rotatable bonds is 1. The summed E-state index contributed by atoms with van der Waals surface area (Å²) in [7, 11) is 0. The van der Waals surface area contributed by atoms with E-state index in [1.165, 1.54) is 12.1 Å². The van der Waals surface area contributed by atoms with Crippen LogP contribution in [0.2, 0.25) is 0 Å². The third kappa shape index (κ3) is 1.30. The van der Waals surface area contributed by atoms with Gasteiger partial charge in [-0.15, -0.1) is 0 Å². The van der Waals surface area contributed by atoms with Crippen LogP contribution in [0.4, 0.5) is 15.8 Å². The number of hydrogen-bond acceptors (Lipinski definition) is 2. The van der Waals surface area contributed by atoms with E-state index in [2.05, 4.69) is 10.2 Å². The predicted octanol–water partition coefficient (Wildman–Crippen LogP) is 2.53. The standard InChI is InChI=1S/C13H15FN2O/c1-2-16-11-5-4-9(14)8-10(11)15-12(17)13(16)6-3-7-13/h4-5,8H,2-3,6-7H2,1H3,(H,15,17). The lowest BCUT2D eigenvalue weighted by Crippen LogP contribution is -2.63. The minimum Gasteiger partial charge on any atom is -0.356 e. The first-order chi connectivity index (χ1) is 8.17. The van der Waals surface area contributed by atoms with E-state index in [9.17, 15) is 9.18 Å². The molecule has 3 rings (SSSR count). The van der Waals surface area contributed by atoms with Gasteiger partial charge in [0.25, 0.3) is 0 Å². The summed E-state index contributed by atoms with van der Waals surface area (Å²) in [6.07, 6.45) is 2.87. The van der Waals surface area contributed by atoms with Crippen LogP contribution >= 0.6 is 0 Å². The molecule has 1 aliphatic heterocycles.